The number of nitrogens with zero attached hydrogens (tertiary/aromatic N) is 2. The lowest BCUT2D eigenvalue weighted by atomic mass is 10.2. The van der Waals surface area contributed by atoms with Crippen LogP contribution in [0, 0.1) is 11.3 Å². The lowest BCUT2D eigenvalue weighted by Crippen LogP contribution is -2.29. The summed E-state index contributed by atoms with van der Waals surface area (Å²) in [4.78, 5) is 13.3. The number of rotatable bonds is 3. The lowest BCUT2D eigenvalue weighted by Gasteiger charge is -2.13. The zero-order chi connectivity index (χ0) is 13.1. The number of methoxy groups -OCH3 is 1. The minimum Gasteiger partial charge on any atom is -0.495 e. The SMILES string of the molecule is COc1cc(OC2CCN(C)C2=O)ccc1C#N. The van der Waals surface area contributed by atoms with Gasteiger partial charge in [0.2, 0.25) is 0 Å². The molecular formula is C13H14N2O3. The topological polar surface area (TPSA) is 62.6 Å². The molecule has 1 unspecified atom stereocenters. The first-order chi connectivity index (χ1) is 8.65. The van der Waals surface area contributed by atoms with Crippen molar-refractivity contribution in [3.8, 4) is 17.6 Å². The predicted octanol–water partition coefficient (Wildman–Crippen LogP) is 1.18. The average Bonchev–Trinajstić information content (AvgIpc) is 2.70. The van der Waals surface area contributed by atoms with Crippen molar-refractivity contribution in [2.75, 3.05) is 20.7 Å². The molecule has 1 aliphatic rings. The molecule has 1 heterocycles. The Morgan fingerprint density at radius 2 is 2.28 bits per heavy atom. The Hall–Kier alpha value is -2.22. The van der Waals surface area contributed by atoms with E-state index in [-0.39, 0.29) is 5.91 Å². The van der Waals surface area contributed by atoms with Crippen LogP contribution in [-0.2, 0) is 4.79 Å². The molecule has 0 saturated carbocycles. The summed E-state index contributed by atoms with van der Waals surface area (Å²) in [5, 5.41) is 8.87. The predicted molar refractivity (Wildman–Crippen MR) is 64.4 cm³/mol. The molecule has 0 aromatic heterocycles. The number of likely N-dealkylation sites (N-methyl/N-ethyl adjacent to an activating group) is 1. The molecule has 1 saturated heterocycles. The molecule has 1 amide bonds. The molecule has 0 N–H and O–H groups in total. The smallest absolute Gasteiger partial charge is 0.263 e. The van der Waals surface area contributed by atoms with Crippen LogP contribution in [0.15, 0.2) is 18.2 Å². The number of benzene rings is 1. The van der Waals surface area contributed by atoms with E-state index < -0.39 is 6.10 Å². The van der Waals surface area contributed by atoms with Crippen molar-refractivity contribution in [1.82, 2.24) is 4.90 Å². The van der Waals surface area contributed by atoms with Gasteiger partial charge in [-0.3, -0.25) is 4.79 Å². The van der Waals surface area contributed by atoms with E-state index in [1.54, 1.807) is 30.1 Å². The van der Waals surface area contributed by atoms with Gasteiger partial charge in [-0.1, -0.05) is 0 Å². The van der Waals surface area contributed by atoms with Crippen molar-refractivity contribution in [2.45, 2.75) is 12.5 Å². The van der Waals surface area contributed by atoms with E-state index in [4.69, 9.17) is 14.7 Å². The third-order valence-electron chi connectivity index (χ3n) is 2.95. The first-order valence-electron chi connectivity index (χ1n) is 5.65. The third-order valence-corrected chi connectivity index (χ3v) is 2.95. The molecule has 1 aromatic carbocycles. The van der Waals surface area contributed by atoms with Gasteiger partial charge in [-0.2, -0.15) is 5.26 Å². The summed E-state index contributed by atoms with van der Waals surface area (Å²) in [6, 6.07) is 6.95. The molecule has 0 radical (unpaired) electrons. The maximum atomic E-state index is 11.7. The van der Waals surface area contributed by atoms with Gasteiger partial charge < -0.3 is 14.4 Å². The summed E-state index contributed by atoms with van der Waals surface area (Å²) in [6.07, 6.45) is 0.241. The van der Waals surface area contributed by atoms with Crippen LogP contribution in [0.4, 0.5) is 0 Å². The van der Waals surface area contributed by atoms with Crippen molar-refractivity contribution in [3.63, 3.8) is 0 Å². The summed E-state index contributed by atoms with van der Waals surface area (Å²) in [6.45, 7) is 0.705. The summed E-state index contributed by atoms with van der Waals surface area (Å²) < 4.78 is 10.7. The van der Waals surface area contributed by atoms with Crippen LogP contribution in [0.2, 0.25) is 0 Å². The van der Waals surface area contributed by atoms with Gasteiger partial charge in [0, 0.05) is 26.1 Å². The summed E-state index contributed by atoms with van der Waals surface area (Å²) in [5.41, 5.74) is 0.444. The van der Waals surface area contributed by atoms with Crippen LogP contribution in [0.3, 0.4) is 0 Å². The zero-order valence-corrected chi connectivity index (χ0v) is 10.3. The van der Waals surface area contributed by atoms with E-state index in [9.17, 15) is 4.79 Å². The van der Waals surface area contributed by atoms with Gasteiger partial charge in [0.1, 0.15) is 17.6 Å². The quantitative estimate of drug-likeness (QED) is 0.803. The molecular weight excluding hydrogens is 232 g/mol. The molecule has 1 aromatic rings. The molecule has 5 nitrogen and oxygen atoms in total. The Balaban J connectivity index is 2.16. The Morgan fingerprint density at radius 3 is 2.83 bits per heavy atom. The number of carbonyl (C=O) groups is 1. The first-order valence-corrected chi connectivity index (χ1v) is 5.65. The van der Waals surface area contributed by atoms with Crippen LogP contribution in [0.5, 0.6) is 11.5 Å². The molecule has 94 valence electrons. The van der Waals surface area contributed by atoms with Gasteiger partial charge in [0.25, 0.3) is 5.91 Å². The van der Waals surface area contributed by atoms with Crippen LogP contribution in [0.25, 0.3) is 0 Å². The Kier molecular flexibility index (Phi) is 3.38. The monoisotopic (exact) mass is 246 g/mol. The average molecular weight is 246 g/mol. The van der Waals surface area contributed by atoms with Crippen LogP contribution >= 0.6 is 0 Å². The van der Waals surface area contributed by atoms with Gasteiger partial charge >= 0.3 is 0 Å². The number of likely N-dealkylation sites (tertiary alicyclic amines) is 1. The molecule has 0 aliphatic carbocycles. The van der Waals surface area contributed by atoms with E-state index in [2.05, 4.69) is 0 Å². The van der Waals surface area contributed by atoms with Gasteiger partial charge in [-0.15, -0.1) is 0 Å². The maximum absolute atomic E-state index is 11.7. The summed E-state index contributed by atoms with van der Waals surface area (Å²) in [7, 11) is 3.25. The fourth-order valence-electron chi connectivity index (χ4n) is 1.90. The van der Waals surface area contributed by atoms with Gasteiger partial charge in [0.05, 0.1) is 12.7 Å². The number of ether oxygens (including phenoxy) is 2. The normalized spacial score (nSPS) is 18.6. The number of amides is 1. The molecule has 1 atom stereocenters. The number of carbonyl (C=O) groups excluding carboxylic acids is 1. The lowest BCUT2D eigenvalue weighted by molar-refractivity contribution is -0.132. The molecule has 0 bridgehead atoms. The van der Waals surface area contributed by atoms with E-state index in [1.165, 1.54) is 7.11 Å². The van der Waals surface area contributed by atoms with E-state index in [0.717, 1.165) is 0 Å². The molecule has 1 aliphatic heterocycles. The standard InChI is InChI=1S/C13H14N2O3/c1-15-6-5-11(13(15)16)18-10-4-3-9(8-14)12(7-10)17-2/h3-4,7,11H,5-6H2,1-2H3. The number of hydrogen-bond donors (Lipinski definition) is 0. The fourth-order valence-corrected chi connectivity index (χ4v) is 1.90. The number of nitriles is 1. The maximum Gasteiger partial charge on any atom is 0.263 e. The fraction of sp³-hybridized carbons (Fsp3) is 0.385. The third kappa shape index (κ3) is 2.23. The second-order valence-corrected chi connectivity index (χ2v) is 4.13. The zero-order valence-electron chi connectivity index (χ0n) is 10.3. The van der Waals surface area contributed by atoms with Crippen LogP contribution < -0.4 is 9.47 Å². The molecule has 0 spiro atoms. The molecule has 2 rings (SSSR count). The number of hydrogen-bond acceptors (Lipinski definition) is 4. The van der Waals surface area contributed by atoms with Gasteiger partial charge in [-0.05, 0) is 12.1 Å². The molecule has 5 heteroatoms. The summed E-state index contributed by atoms with van der Waals surface area (Å²) in [5.74, 6) is 0.978. The van der Waals surface area contributed by atoms with E-state index in [0.29, 0.717) is 30.0 Å². The minimum absolute atomic E-state index is 0.0154. The van der Waals surface area contributed by atoms with Crippen LogP contribution in [-0.4, -0.2) is 37.6 Å². The second-order valence-electron chi connectivity index (χ2n) is 4.13. The van der Waals surface area contributed by atoms with E-state index >= 15 is 0 Å². The van der Waals surface area contributed by atoms with Crippen molar-refractivity contribution in [2.24, 2.45) is 0 Å². The van der Waals surface area contributed by atoms with Gasteiger partial charge in [-0.25, -0.2) is 0 Å². The highest BCUT2D eigenvalue weighted by Gasteiger charge is 2.30. The van der Waals surface area contributed by atoms with Crippen molar-refractivity contribution < 1.29 is 14.3 Å². The molecule has 18 heavy (non-hydrogen) atoms. The Morgan fingerprint density at radius 1 is 1.50 bits per heavy atom. The van der Waals surface area contributed by atoms with E-state index in [1.807, 2.05) is 6.07 Å². The van der Waals surface area contributed by atoms with Crippen molar-refractivity contribution in [1.29, 1.82) is 5.26 Å². The summed E-state index contributed by atoms with van der Waals surface area (Å²) >= 11 is 0. The second kappa shape index (κ2) is 4.96. The molecule has 1 fully saturated rings. The van der Waals surface area contributed by atoms with Crippen molar-refractivity contribution >= 4 is 5.91 Å². The van der Waals surface area contributed by atoms with Crippen molar-refractivity contribution in [3.05, 3.63) is 23.8 Å². The Bertz CT molecular complexity index is 507. The van der Waals surface area contributed by atoms with Gasteiger partial charge in [0.15, 0.2) is 6.10 Å². The minimum atomic E-state index is -0.437. The highest BCUT2D eigenvalue weighted by Crippen LogP contribution is 2.26. The largest absolute Gasteiger partial charge is 0.495 e. The Labute approximate surface area is 106 Å². The first kappa shape index (κ1) is 12.2. The highest BCUT2D eigenvalue weighted by molar-refractivity contribution is 5.83. The highest BCUT2D eigenvalue weighted by atomic mass is 16.5. The van der Waals surface area contributed by atoms with Crippen LogP contribution in [0.1, 0.15) is 12.0 Å².